The number of pyridine rings is 1. The van der Waals surface area contributed by atoms with Crippen LogP contribution in [0.1, 0.15) is 0 Å². The number of anilines is 1. The summed E-state index contributed by atoms with van der Waals surface area (Å²) in [6.07, 6.45) is 1.66. The number of amides is 1. The molecule has 2 heterocycles. The molecule has 0 unspecified atom stereocenters. The summed E-state index contributed by atoms with van der Waals surface area (Å²) in [5.74, 6) is 0.569. The Morgan fingerprint density at radius 2 is 2.12 bits per heavy atom. The lowest BCUT2D eigenvalue weighted by Gasteiger charge is -2.09. The highest BCUT2D eigenvalue weighted by atomic mass is 35.5. The molecule has 0 atom stereocenters. The maximum Gasteiger partial charge on any atom is 0.234 e. The zero-order valence-electron chi connectivity index (χ0n) is 12.5. The zero-order chi connectivity index (χ0) is 17.1. The number of thioether (sulfide) groups is 1. The number of halogens is 2. The van der Waals surface area contributed by atoms with E-state index < -0.39 is 0 Å². The van der Waals surface area contributed by atoms with E-state index in [9.17, 15) is 4.79 Å². The van der Waals surface area contributed by atoms with Gasteiger partial charge < -0.3 is 10.1 Å². The maximum atomic E-state index is 12.1. The molecule has 0 aliphatic carbocycles. The molecule has 124 valence electrons. The predicted octanol–water partition coefficient (Wildman–Crippen LogP) is 3.78. The second-order valence-corrected chi connectivity index (χ2v) is 6.51. The minimum absolute atomic E-state index is 0.156. The SMILES string of the molecule is COc1ccccc1NC(=O)CSc1nnc2c(Cl)cc(Cl)cn12. The van der Waals surface area contributed by atoms with Gasteiger partial charge in [-0.2, -0.15) is 0 Å². The van der Waals surface area contributed by atoms with Gasteiger partial charge in [0.1, 0.15) is 5.75 Å². The summed E-state index contributed by atoms with van der Waals surface area (Å²) in [5.41, 5.74) is 1.11. The van der Waals surface area contributed by atoms with Crippen molar-refractivity contribution in [1.29, 1.82) is 0 Å². The molecule has 0 aliphatic rings. The first-order valence-electron chi connectivity index (χ1n) is 6.84. The van der Waals surface area contributed by atoms with Crippen molar-refractivity contribution in [2.75, 3.05) is 18.2 Å². The number of para-hydroxylation sites is 2. The Morgan fingerprint density at radius 1 is 1.33 bits per heavy atom. The average Bonchev–Trinajstić information content (AvgIpc) is 2.96. The van der Waals surface area contributed by atoms with Crippen molar-refractivity contribution in [2.45, 2.75) is 5.16 Å². The zero-order valence-corrected chi connectivity index (χ0v) is 14.8. The highest BCUT2D eigenvalue weighted by Gasteiger charge is 2.13. The van der Waals surface area contributed by atoms with Crippen molar-refractivity contribution in [3.8, 4) is 5.75 Å². The van der Waals surface area contributed by atoms with Crippen LogP contribution >= 0.6 is 35.0 Å². The molecule has 1 N–H and O–H groups in total. The fourth-order valence-electron chi connectivity index (χ4n) is 2.07. The first kappa shape index (κ1) is 16.9. The van der Waals surface area contributed by atoms with Crippen LogP contribution in [0.15, 0.2) is 41.7 Å². The quantitative estimate of drug-likeness (QED) is 0.680. The van der Waals surface area contributed by atoms with Gasteiger partial charge in [-0.15, -0.1) is 10.2 Å². The molecule has 0 aliphatic heterocycles. The predicted molar refractivity (Wildman–Crippen MR) is 95.4 cm³/mol. The van der Waals surface area contributed by atoms with Crippen molar-refractivity contribution in [3.05, 3.63) is 46.6 Å². The summed E-state index contributed by atoms with van der Waals surface area (Å²) in [5, 5.41) is 12.2. The van der Waals surface area contributed by atoms with Crippen LogP contribution in [0, 0.1) is 0 Å². The Kier molecular flexibility index (Phi) is 5.13. The molecule has 9 heteroatoms. The van der Waals surface area contributed by atoms with E-state index >= 15 is 0 Å². The average molecular weight is 383 g/mol. The fourth-order valence-corrected chi connectivity index (χ4v) is 3.28. The minimum Gasteiger partial charge on any atom is -0.495 e. The molecule has 2 aromatic heterocycles. The van der Waals surface area contributed by atoms with E-state index in [2.05, 4.69) is 15.5 Å². The van der Waals surface area contributed by atoms with Crippen molar-refractivity contribution >= 4 is 52.2 Å². The molecule has 0 bridgehead atoms. The Balaban J connectivity index is 1.71. The van der Waals surface area contributed by atoms with E-state index in [1.165, 1.54) is 11.8 Å². The van der Waals surface area contributed by atoms with Crippen molar-refractivity contribution < 1.29 is 9.53 Å². The number of rotatable bonds is 5. The fraction of sp³-hybridized carbons (Fsp3) is 0.133. The van der Waals surface area contributed by atoms with E-state index in [-0.39, 0.29) is 11.7 Å². The molecule has 1 amide bonds. The van der Waals surface area contributed by atoms with Crippen LogP contribution in [0.4, 0.5) is 5.69 Å². The van der Waals surface area contributed by atoms with Gasteiger partial charge in [0.2, 0.25) is 5.91 Å². The Labute approximate surface area is 152 Å². The van der Waals surface area contributed by atoms with Crippen LogP contribution < -0.4 is 10.1 Å². The largest absolute Gasteiger partial charge is 0.495 e. The first-order chi connectivity index (χ1) is 11.6. The standard InChI is InChI=1S/C15H12Cl2N4O2S/c1-23-12-5-3-2-4-11(12)18-13(22)8-24-15-20-19-14-10(17)6-9(16)7-21(14)15/h2-7H,8H2,1H3,(H,18,22). The number of nitrogens with zero attached hydrogens (tertiary/aromatic N) is 3. The Bertz CT molecular complexity index is 900. The van der Waals surface area contributed by atoms with Gasteiger partial charge in [0.15, 0.2) is 10.8 Å². The molecule has 3 aromatic rings. The molecule has 24 heavy (non-hydrogen) atoms. The molecular formula is C15H12Cl2N4O2S. The lowest BCUT2D eigenvalue weighted by Crippen LogP contribution is -2.14. The van der Waals surface area contributed by atoms with Gasteiger partial charge >= 0.3 is 0 Å². The van der Waals surface area contributed by atoms with E-state index in [0.29, 0.717) is 32.3 Å². The summed E-state index contributed by atoms with van der Waals surface area (Å²) in [6.45, 7) is 0. The van der Waals surface area contributed by atoms with E-state index in [4.69, 9.17) is 27.9 Å². The molecule has 0 radical (unpaired) electrons. The summed E-state index contributed by atoms with van der Waals surface area (Å²) in [4.78, 5) is 12.1. The number of carbonyl (C=O) groups excluding carboxylic acids is 1. The summed E-state index contributed by atoms with van der Waals surface area (Å²) >= 11 is 13.3. The molecule has 0 saturated heterocycles. The van der Waals surface area contributed by atoms with Gasteiger partial charge in [-0.3, -0.25) is 9.20 Å². The van der Waals surface area contributed by atoms with Crippen LogP contribution in [-0.2, 0) is 4.79 Å². The third kappa shape index (κ3) is 3.58. The number of benzene rings is 1. The second kappa shape index (κ2) is 7.29. The number of methoxy groups -OCH3 is 1. The molecule has 0 saturated carbocycles. The smallest absolute Gasteiger partial charge is 0.234 e. The Hall–Kier alpha value is -1.96. The van der Waals surface area contributed by atoms with Crippen molar-refractivity contribution in [1.82, 2.24) is 14.6 Å². The minimum atomic E-state index is -0.186. The third-order valence-electron chi connectivity index (χ3n) is 3.11. The lowest BCUT2D eigenvalue weighted by molar-refractivity contribution is -0.113. The van der Waals surface area contributed by atoms with Gasteiger partial charge in [0, 0.05) is 6.20 Å². The summed E-state index contributed by atoms with van der Waals surface area (Å²) < 4.78 is 6.86. The maximum absolute atomic E-state index is 12.1. The van der Waals surface area contributed by atoms with Crippen LogP contribution in [0.5, 0.6) is 5.75 Å². The van der Waals surface area contributed by atoms with Crippen molar-refractivity contribution in [3.63, 3.8) is 0 Å². The van der Waals surface area contributed by atoms with Crippen LogP contribution in [0.25, 0.3) is 5.65 Å². The highest BCUT2D eigenvalue weighted by molar-refractivity contribution is 7.99. The van der Waals surface area contributed by atoms with E-state index in [1.54, 1.807) is 35.9 Å². The van der Waals surface area contributed by atoms with Crippen LogP contribution in [0.2, 0.25) is 10.0 Å². The van der Waals surface area contributed by atoms with Gasteiger partial charge in [-0.1, -0.05) is 47.1 Å². The van der Waals surface area contributed by atoms with Crippen LogP contribution in [0.3, 0.4) is 0 Å². The van der Waals surface area contributed by atoms with E-state index in [0.717, 1.165) is 0 Å². The Morgan fingerprint density at radius 3 is 2.92 bits per heavy atom. The van der Waals surface area contributed by atoms with Crippen molar-refractivity contribution in [2.24, 2.45) is 0 Å². The number of ether oxygens (including phenoxy) is 1. The second-order valence-electron chi connectivity index (χ2n) is 4.72. The molecule has 1 aromatic carbocycles. The topological polar surface area (TPSA) is 68.5 Å². The van der Waals surface area contributed by atoms with E-state index in [1.807, 2.05) is 12.1 Å². The first-order valence-corrected chi connectivity index (χ1v) is 8.58. The van der Waals surface area contributed by atoms with Gasteiger partial charge in [0.25, 0.3) is 0 Å². The molecule has 3 rings (SSSR count). The number of aromatic nitrogens is 3. The number of nitrogens with one attached hydrogen (secondary N) is 1. The lowest BCUT2D eigenvalue weighted by atomic mass is 10.3. The van der Waals surface area contributed by atoms with Gasteiger partial charge in [0.05, 0.1) is 28.6 Å². The molecule has 0 fully saturated rings. The summed E-state index contributed by atoms with van der Waals surface area (Å²) in [7, 11) is 1.55. The third-order valence-corrected chi connectivity index (χ3v) is 4.54. The van der Waals surface area contributed by atoms with Gasteiger partial charge in [-0.05, 0) is 18.2 Å². The van der Waals surface area contributed by atoms with Crippen LogP contribution in [-0.4, -0.2) is 33.4 Å². The van der Waals surface area contributed by atoms with Gasteiger partial charge in [-0.25, -0.2) is 0 Å². The number of fused-ring (bicyclic) bond motifs is 1. The molecular weight excluding hydrogens is 371 g/mol. The number of hydrogen-bond donors (Lipinski definition) is 1. The monoisotopic (exact) mass is 382 g/mol. The number of hydrogen-bond acceptors (Lipinski definition) is 5. The normalized spacial score (nSPS) is 10.8. The molecule has 6 nitrogen and oxygen atoms in total. The molecule has 0 spiro atoms. The number of carbonyl (C=O) groups is 1. The summed E-state index contributed by atoms with van der Waals surface area (Å²) in [6, 6.07) is 8.79. The highest BCUT2D eigenvalue weighted by Crippen LogP contribution is 2.26.